The molecule has 1 fully saturated rings. The minimum atomic E-state index is 1.02. The number of rotatable bonds is 5. The molecule has 0 aliphatic carbocycles. The third-order valence-corrected chi connectivity index (χ3v) is 4.45. The lowest BCUT2D eigenvalue weighted by atomic mass is 10.0. The fourth-order valence-electron chi connectivity index (χ4n) is 2.61. The molecule has 1 saturated heterocycles. The van der Waals surface area contributed by atoms with Gasteiger partial charge in [-0.2, -0.15) is 0 Å². The molecule has 1 aromatic carbocycles. The van der Waals surface area contributed by atoms with Crippen molar-refractivity contribution < 1.29 is 0 Å². The summed E-state index contributed by atoms with van der Waals surface area (Å²) in [5.74, 6) is 1.02. The van der Waals surface area contributed by atoms with Gasteiger partial charge in [-0.1, -0.05) is 41.4 Å². The van der Waals surface area contributed by atoms with E-state index in [4.69, 9.17) is 0 Å². The fourth-order valence-corrected chi connectivity index (χ4v) is 3.08. The Bertz CT molecular complexity index is 559. The van der Waals surface area contributed by atoms with Gasteiger partial charge in [0.25, 0.3) is 0 Å². The van der Waals surface area contributed by atoms with E-state index in [1.54, 1.807) is 0 Å². The summed E-state index contributed by atoms with van der Waals surface area (Å²) in [4.78, 5) is 4.82. The Morgan fingerprint density at radius 1 is 1.14 bits per heavy atom. The minimum Gasteiger partial charge on any atom is -0.352 e. The molecule has 110 valence electrons. The summed E-state index contributed by atoms with van der Waals surface area (Å²) >= 11 is 1.42. The minimum absolute atomic E-state index is 1.02. The van der Waals surface area contributed by atoms with Crippen LogP contribution in [0, 0.1) is 0 Å². The van der Waals surface area contributed by atoms with Gasteiger partial charge in [-0.25, -0.2) is 0 Å². The largest absolute Gasteiger partial charge is 0.352 e. The second-order valence-corrected chi connectivity index (χ2v) is 5.92. The van der Waals surface area contributed by atoms with Gasteiger partial charge in [0, 0.05) is 32.7 Å². The number of benzene rings is 1. The smallest absolute Gasteiger partial charge is 0.163 e. The highest BCUT2D eigenvalue weighted by molar-refractivity contribution is 7.03. The van der Waals surface area contributed by atoms with Crippen molar-refractivity contribution in [2.24, 2.45) is 0 Å². The highest BCUT2D eigenvalue weighted by Gasteiger charge is 2.18. The van der Waals surface area contributed by atoms with Gasteiger partial charge in [-0.05, 0) is 29.1 Å². The first-order chi connectivity index (χ1) is 10.3. The van der Waals surface area contributed by atoms with Gasteiger partial charge >= 0.3 is 0 Å². The maximum atomic E-state index is 4.21. The first-order valence-electron chi connectivity index (χ1n) is 7.30. The molecule has 0 saturated carbocycles. The third-order valence-electron chi connectivity index (χ3n) is 3.96. The van der Waals surface area contributed by atoms with Crippen LogP contribution in [-0.4, -0.2) is 47.2 Å². The van der Waals surface area contributed by atoms with Crippen molar-refractivity contribution >= 4 is 22.9 Å². The summed E-state index contributed by atoms with van der Waals surface area (Å²) in [5, 5.41) is 6.16. The number of hydrogen-bond acceptors (Lipinski definition) is 5. The van der Waals surface area contributed by atoms with E-state index in [9.17, 15) is 0 Å². The molecule has 1 aliphatic heterocycles. The summed E-state index contributed by atoms with van der Waals surface area (Å²) in [6, 6.07) is 10.5. The van der Waals surface area contributed by atoms with Crippen molar-refractivity contribution in [1.29, 1.82) is 0 Å². The molecule has 0 spiro atoms. The monoisotopic (exact) mass is 300 g/mol. The Hall–Kier alpha value is -1.72. The van der Waals surface area contributed by atoms with E-state index in [0.29, 0.717) is 0 Å². The lowest BCUT2D eigenvalue weighted by Gasteiger charge is -2.34. The summed E-state index contributed by atoms with van der Waals surface area (Å²) in [7, 11) is 0. The molecule has 2 heterocycles. The molecule has 2 aromatic rings. The number of nitrogens with zero attached hydrogens (tertiary/aromatic N) is 4. The van der Waals surface area contributed by atoms with Gasteiger partial charge in [0.15, 0.2) is 5.82 Å². The van der Waals surface area contributed by atoms with Crippen LogP contribution in [0.15, 0.2) is 42.3 Å². The number of aromatic nitrogens is 2. The molecule has 0 atom stereocenters. The molecule has 5 heteroatoms. The average molecular weight is 300 g/mol. The van der Waals surface area contributed by atoms with Crippen molar-refractivity contribution in [2.75, 3.05) is 37.6 Å². The normalized spacial score (nSPS) is 16.1. The van der Waals surface area contributed by atoms with E-state index in [1.807, 2.05) is 11.4 Å². The predicted octanol–water partition coefficient (Wildman–Crippen LogP) is 2.76. The number of anilines is 1. The maximum Gasteiger partial charge on any atom is 0.163 e. The van der Waals surface area contributed by atoms with Gasteiger partial charge in [0.2, 0.25) is 0 Å². The molecular weight excluding hydrogens is 280 g/mol. The van der Waals surface area contributed by atoms with E-state index in [2.05, 4.69) is 50.2 Å². The van der Waals surface area contributed by atoms with Crippen LogP contribution in [-0.2, 0) is 0 Å². The Morgan fingerprint density at radius 2 is 1.90 bits per heavy atom. The predicted molar refractivity (Wildman–Crippen MR) is 88.7 cm³/mol. The molecule has 3 rings (SSSR count). The van der Waals surface area contributed by atoms with Crippen LogP contribution in [0.25, 0.3) is 5.57 Å². The van der Waals surface area contributed by atoms with Gasteiger partial charge in [0.05, 0.1) is 5.38 Å². The van der Waals surface area contributed by atoms with Crippen LogP contribution in [0.3, 0.4) is 0 Å². The fraction of sp³-hybridized carbons (Fsp3) is 0.375. The second kappa shape index (κ2) is 6.83. The van der Waals surface area contributed by atoms with E-state index in [-0.39, 0.29) is 0 Å². The average Bonchev–Trinajstić information content (AvgIpc) is 3.08. The Labute approximate surface area is 129 Å². The topological polar surface area (TPSA) is 32.3 Å². The van der Waals surface area contributed by atoms with Gasteiger partial charge in [-0.15, -0.1) is 5.10 Å². The molecule has 0 unspecified atom stereocenters. The lowest BCUT2D eigenvalue weighted by molar-refractivity contribution is 0.263. The zero-order valence-electron chi connectivity index (χ0n) is 12.1. The highest BCUT2D eigenvalue weighted by atomic mass is 32.1. The maximum absolute atomic E-state index is 4.21. The first-order valence-corrected chi connectivity index (χ1v) is 8.14. The summed E-state index contributed by atoms with van der Waals surface area (Å²) in [6.07, 6.45) is 1.03. The van der Waals surface area contributed by atoms with Crippen molar-refractivity contribution in [3.63, 3.8) is 0 Å². The third kappa shape index (κ3) is 3.68. The SMILES string of the molecule is C=C(CCN1CCN(c2csnn2)CC1)c1ccccc1. The van der Waals surface area contributed by atoms with Crippen LogP contribution >= 0.6 is 11.5 Å². The summed E-state index contributed by atoms with van der Waals surface area (Å²) in [5.41, 5.74) is 2.48. The van der Waals surface area contributed by atoms with E-state index in [0.717, 1.165) is 45.0 Å². The number of hydrogen-bond donors (Lipinski definition) is 0. The molecular formula is C16H20N4S. The number of piperazine rings is 1. The molecule has 21 heavy (non-hydrogen) atoms. The highest BCUT2D eigenvalue weighted by Crippen LogP contribution is 2.18. The Morgan fingerprint density at radius 3 is 2.57 bits per heavy atom. The van der Waals surface area contributed by atoms with Crippen LogP contribution < -0.4 is 4.90 Å². The van der Waals surface area contributed by atoms with E-state index in [1.165, 1.54) is 22.7 Å². The van der Waals surface area contributed by atoms with Gasteiger partial charge in [0.1, 0.15) is 0 Å². The first kappa shape index (κ1) is 14.2. The van der Waals surface area contributed by atoms with Crippen LogP contribution in [0.1, 0.15) is 12.0 Å². The zero-order valence-corrected chi connectivity index (χ0v) is 12.9. The zero-order chi connectivity index (χ0) is 14.5. The molecule has 1 aliphatic rings. The van der Waals surface area contributed by atoms with Crippen molar-refractivity contribution in [2.45, 2.75) is 6.42 Å². The summed E-state index contributed by atoms with van der Waals surface area (Å²) in [6.45, 7) is 9.52. The van der Waals surface area contributed by atoms with E-state index < -0.39 is 0 Å². The van der Waals surface area contributed by atoms with Crippen molar-refractivity contribution in [1.82, 2.24) is 14.5 Å². The van der Waals surface area contributed by atoms with Gasteiger partial charge < -0.3 is 4.90 Å². The Kier molecular flexibility index (Phi) is 4.62. The lowest BCUT2D eigenvalue weighted by Crippen LogP contribution is -2.46. The van der Waals surface area contributed by atoms with Crippen molar-refractivity contribution in [3.05, 3.63) is 47.9 Å². The molecule has 0 radical (unpaired) electrons. The molecule has 0 N–H and O–H groups in total. The molecule has 1 aromatic heterocycles. The molecule has 0 amide bonds. The quantitative estimate of drug-likeness (QED) is 0.850. The summed E-state index contributed by atoms with van der Waals surface area (Å²) < 4.78 is 3.93. The van der Waals surface area contributed by atoms with Crippen LogP contribution in [0.2, 0.25) is 0 Å². The van der Waals surface area contributed by atoms with Gasteiger partial charge in [-0.3, -0.25) is 4.90 Å². The van der Waals surface area contributed by atoms with Crippen LogP contribution in [0.5, 0.6) is 0 Å². The van der Waals surface area contributed by atoms with E-state index >= 15 is 0 Å². The molecule has 0 bridgehead atoms. The second-order valence-electron chi connectivity index (χ2n) is 5.31. The standard InChI is InChI=1S/C16H20N4S/c1-14(15-5-3-2-4-6-15)7-8-19-9-11-20(12-10-19)16-13-21-18-17-16/h2-6,13H,1,7-12H2. The Balaban J connectivity index is 1.45. The van der Waals surface area contributed by atoms with Crippen molar-refractivity contribution in [3.8, 4) is 0 Å². The van der Waals surface area contributed by atoms with Crippen LogP contribution in [0.4, 0.5) is 5.82 Å². The molecule has 4 nitrogen and oxygen atoms in total.